The molecule has 0 aliphatic heterocycles. The number of hydrazone groups is 1. The van der Waals surface area contributed by atoms with E-state index < -0.39 is 0 Å². The minimum absolute atomic E-state index is 0.126. The van der Waals surface area contributed by atoms with Gasteiger partial charge < -0.3 is 0 Å². The van der Waals surface area contributed by atoms with E-state index in [9.17, 15) is 4.79 Å². The second-order valence-electron chi connectivity index (χ2n) is 4.75. The normalized spacial score (nSPS) is 10.9. The van der Waals surface area contributed by atoms with Crippen LogP contribution >= 0.6 is 23.2 Å². The molecule has 0 saturated carbocycles. The molecule has 0 spiro atoms. The summed E-state index contributed by atoms with van der Waals surface area (Å²) in [4.78, 5) is 14.7. The molecular weight excluding hydrogens is 349 g/mol. The minimum atomic E-state index is -0.363. The lowest BCUT2D eigenvalue weighted by molar-refractivity contribution is 0.947. The zero-order valence-corrected chi connectivity index (χ0v) is 13.7. The van der Waals surface area contributed by atoms with Gasteiger partial charge in [0, 0.05) is 16.1 Å². The first-order valence-electron chi connectivity index (χ1n) is 6.90. The Bertz CT molecular complexity index is 941. The number of anilines is 1. The van der Waals surface area contributed by atoms with Crippen molar-refractivity contribution in [3.05, 3.63) is 74.5 Å². The fraction of sp³-hybridized carbons (Fsp3) is 0. The van der Waals surface area contributed by atoms with Crippen molar-refractivity contribution in [2.45, 2.75) is 0 Å². The molecule has 120 valence electrons. The Morgan fingerprint density at radius 1 is 1.08 bits per heavy atom. The van der Waals surface area contributed by atoms with Gasteiger partial charge in [0.05, 0.1) is 11.2 Å². The number of aromatic amines is 1. The fourth-order valence-electron chi connectivity index (χ4n) is 1.94. The van der Waals surface area contributed by atoms with Crippen molar-refractivity contribution in [1.29, 1.82) is 0 Å². The van der Waals surface area contributed by atoms with Crippen LogP contribution in [0.2, 0.25) is 10.0 Å². The van der Waals surface area contributed by atoms with Crippen LogP contribution in [-0.4, -0.2) is 21.4 Å². The Labute approximate surface area is 147 Å². The lowest BCUT2D eigenvalue weighted by Crippen LogP contribution is -2.15. The third-order valence-electron chi connectivity index (χ3n) is 3.08. The first kappa shape index (κ1) is 16.2. The molecule has 8 heteroatoms. The van der Waals surface area contributed by atoms with Crippen molar-refractivity contribution in [2.75, 3.05) is 5.43 Å². The Hall–Kier alpha value is -2.70. The van der Waals surface area contributed by atoms with Gasteiger partial charge in [0.1, 0.15) is 0 Å². The van der Waals surface area contributed by atoms with Crippen LogP contribution in [0, 0.1) is 0 Å². The zero-order chi connectivity index (χ0) is 16.9. The molecule has 2 N–H and O–H groups in total. The van der Waals surface area contributed by atoms with Crippen molar-refractivity contribution in [1.82, 2.24) is 15.2 Å². The summed E-state index contributed by atoms with van der Waals surface area (Å²) in [5.41, 5.74) is 3.84. The second kappa shape index (κ2) is 7.25. The van der Waals surface area contributed by atoms with E-state index in [4.69, 9.17) is 23.2 Å². The summed E-state index contributed by atoms with van der Waals surface area (Å²) in [5, 5.41) is 12.8. The lowest BCUT2D eigenvalue weighted by atomic mass is 10.2. The molecule has 0 radical (unpaired) electrons. The van der Waals surface area contributed by atoms with E-state index in [0.717, 1.165) is 0 Å². The van der Waals surface area contributed by atoms with Crippen LogP contribution < -0.4 is 11.0 Å². The number of halogens is 2. The highest BCUT2D eigenvalue weighted by Crippen LogP contribution is 2.19. The summed E-state index contributed by atoms with van der Waals surface area (Å²) >= 11 is 11.9. The largest absolute Gasteiger partial charge is 0.288 e. The van der Waals surface area contributed by atoms with Crippen molar-refractivity contribution < 1.29 is 0 Å². The van der Waals surface area contributed by atoms with E-state index in [0.29, 0.717) is 21.2 Å². The van der Waals surface area contributed by atoms with Crippen LogP contribution in [0.1, 0.15) is 5.56 Å². The van der Waals surface area contributed by atoms with E-state index in [1.54, 1.807) is 30.3 Å². The molecule has 2 aromatic carbocycles. The van der Waals surface area contributed by atoms with Crippen molar-refractivity contribution >= 4 is 35.4 Å². The van der Waals surface area contributed by atoms with Crippen LogP contribution in [0.15, 0.2) is 58.4 Å². The van der Waals surface area contributed by atoms with Gasteiger partial charge in [-0.2, -0.15) is 5.10 Å². The summed E-state index contributed by atoms with van der Waals surface area (Å²) in [6.45, 7) is 0. The van der Waals surface area contributed by atoms with Crippen molar-refractivity contribution in [3.8, 4) is 11.3 Å². The van der Waals surface area contributed by atoms with Crippen LogP contribution in [0.25, 0.3) is 11.3 Å². The third-order valence-corrected chi connectivity index (χ3v) is 3.64. The molecule has 0 aliphatic carbocycles. The summed E-state index contributed by atoms with van der Waals surface area (Å²) in [7, 11) is 0. The molecule has 6 nitrogen and oxygen atoms in total. The molecule has 3 aromatic rings. The minimum Gasteiger partial charge on any atom is -0.288 e. The first-order chi connectivity index (χ1) is 11.6. The molecule has 0 bridgehead atoms. The average Bonchev–Trinajstić information content (AvgIpc) is 2.58. The molecule has 24 heavy (non-hydrogen) atoms. The molecule has 0 unspecified atom stereocenters. The molecule has 1 heterocycles. The predicted molar refractivity (Wildman–Crippen MR) is 95.8 cm³/mol. The van der Waals surface area contributed by atoms with Gasteiger partial charge in [-0.05, 0) is 12.1 Å². The van der Waals surface area contributed by atoms with Gasteiger partial charge in [-0.25, -0.2) is 5.43 Å². The Morgan fingerprint density at radius 3 is 2.58 bits per heavy atom. The topological polar surface area (TPSA) is 83.0 Å². The molecule has 3 rings (SSSR count). The van der Waals surface area contributed by atoms with Gasteiger partial charge in [0.2, 0.25) is 5.95 Å². The van der Waals surface area contributed by atoms with E-state index in [-0.39, 0.29) is 17.2 Å². The number of H-pyrrole nitrogens is 1. The Kier molecular flexibility index (Phi) is 4.88. The van der Waals surface area contributed by atoms with E-state index in [2.05, 4.69) is 25.7 Å². The SMILES string of the molecule is O=c1[nH]c(N/N=C/c2ccc(Cl)cc2Cl)nnc1-c1ccccc1. The average molecular weight is 360 g/mol. The molecule has 1 aromatic heterocycles. The smallest absolute Gasteiger partial charge is 0.279 e. The number of nitrogens with zero attached hydrogens (tertiary/aromatic N) is 3. The lowest BCUT2D eigenvalue weighted by Gasteiger charge is -2.02. The summed E-state index contributed by atoms with van der Waals surface area (Å²) in [5.74, 6) is 0.126. The Balaban J connectivity index is 1.76. The van der Waals surface area contributed by atoms with Crippen LogP contribution in [0.3, 0.4) is 0 Å². The van der Waals surface area contributed by atoms with Gasteiger partial charge in [-0.3, -0.25) is 9.78 Å². The van der Waals surface area contributed by atoms with E-state index in [1.165, 1.54) is 6.21 Å². The number of hydrogen-bond acceptors (Lipinski definition) is 5. The highest BCUT2D eigenvalue weighted by atomic mass is 35.5. The summed E-state index contributed by atoms with van der Waals surface area (Å²) < 4.78 is 0. The monoisotopic (exact) mass is 359 g/mol. The number of aromatic nitrogens is 3. The summed E-state index contributed by atoms with van der Waals surface area (Å²) in [6.07, 6.45) is 1.49. The molecule has 0 aliphatic rings. The maximum Gasteiger partial charge on any atom is 0.279 e. The second-order valence-corrected chi connectivity index (χ2v) is 5.60. The van der Waals surface area contributed by atoms with Crippen molar-refractivity contribution in [3.63, 3.8) is 0 Å². The van der Waals surface area contributed by atoms with E-state index in [1.807, 2.05) is 18.2 Å². The van der Waals surface area contributed by atoms with Gasteiger partial charge >= 0.3 is 0 Å². The van der Waals surface area contributed by atoms with E-state index >= 15 is 0 Å². The van der Waals surface area contributed by atoms with Crippen LogP contribution in [-0.2, 0) is 0 Å². The summed E-state index contributed by atoms with van der Waals surface area (Å²) in [6, 6.07) is 14.1. The maximum absolute atomic E-state index is 12.1. The number of benzene rings is 2. The standard InChI is InChI=1S/C16H11Cl2N5O/c17-12-7-6-11(13(18)8-12)9-19-22-16-20-15(24)14(21-23-16)10-4-2-1-3-5-10/h1-9H,(H2,20,22,23,24)/b19-9+. The number of nitrogens with one attached hydrogen (secondary N) is 2. The molecule has 0 fully saturated rings. The first-order valence-corrected chi connectivity index (χ1v) is 7.65. The number of rotatable bonds is 4. The highest BCUT2D eigenvalue weighted by Gasteiger charge is 2.06. The van der Waals surface area contributed by atoms with Crippen LogP contribution in [0.4, 0.5) is 5.95 Å². The maximum atomic E-state index is 12.1. The molecule has 0 amide bonds. The molecule has 0 saturated heterocycles. The third kappa shape index (κ3) is 3.79. The highest BCUT2D eigenvalue weighted by molar-refractivity contribution is 6.36. The number of hydrogen-bond donors (Lipinski definition) is 2. The van der Waals surface area contributed by atoms with Gasteiger partial charge in [0.25, 0.3) is 5.56 Å². The quantitative estimate of drug-likeness (QED) is 0.550. The van der Waals surface area contributed by atoms with Crippen LogP contribution in [0.5, 0.6) is 0 Å². The van der Waals surface area contributed by atoms with Gasteiger partial charge in [-0.1, -0.05) is 59.6 Å². The van der Waals surface area contributed by atoms with Gasteiger partial charge in [0.15, 0.2) is 5.69 Å². The van der Waals surface area contributed by atoms with Gasteiger partial charge in [-0.15, -0.1) is 10.2 Å². The zero-order valence-electron chi connectivity index (χ0n) is 12.2. The predicted octanol–water partition coefficient (Wildman–Crippen LogP) is 3.58. The molecule has 0 atom stereocenters. The van der Waals surface area contributed by atoms with Crippen molar-refractivity contribution in [2.24, 2.45) is 5.10 Å². The fourth-order valence-corrected chi connectivity index (χ4v) is 2.40. The molecular formula is C16H11Cl2N5O. The Morgan fingerprint density at radius 2 is 1.88 bits per heavy atom.